The van der Waals surface area contributed by atoms with Crippen molar-refractivity contribution in [3.05, 3.63) is 0 Å². The van der Waals surface area contributed by atoms with Crippen molar-refractivity contribution >= 4 is 11.8 Å². The molecule has 0 aromatic carbocycles. The van der Waals surface area contributed by atoms with Gasteiger partial charge in [0.15, 0.2) is 0 Å². The molecule has 1 atom stereocenters. The van der Waals surface area contributed by atoms with Crippen LogP contribution in [-0.2, 0) is 14.3 Å². The summed E-state index contributed by atoms with van der Waals surface area (Å²) < 4.78 is 5.30. The van der Waals surface area contributed by atoms with Gasteiger partial charge in [-0.15, -0.1) is 0 Å². The highest BCUT2D eigenvalue weighted by atomic mass is 16.5. The molecule has 6 nitrogen and oxygen atoms in total. The summed E-state index contributed by atoms with van der Waals surface area (Å²) in [5, 5.41) is 2.97. The zero-order valence-electron chi connectivity index (χ0n) is 12.5. The maximum atomic E-state index is 12.1. The standard InChI is InChI=1S/C14H25N3O3/c1-11(2)17-10-12(9-13(17)18)14(19)15-3-4-16-5-7-20-8-6-16/h11-12H,3-10H2,1-2H3,(H,15,19)/p+1/t12-/m0/s1. The van der Waals surface area contributed by atoms with Gasteiger partial charge in [-0.05, 0) is 13.8 Å². The summed E-state index contributed by atoms with van der Waals surface area (Å²) in [6.45, 7) is 9.79. The summed E-state index contributed by atoms with van der Waals surface area (Å²) in [6.07, 6.45) is 0.356. The van der Waals surface area contributed by atoms with Crippen LogP contribution in [0.1, 0.15) is 20.3 Å². The largest absolute Gasteiger partial charge is 0.370 e. The Hall–Kier alpha value is -1.14. The van der Waals surface area contributed by atoms with Crippen LogP contribution in [0.4, 0.5) is 0 Å². The van der Waals surface area contributed by atoms with Crippen LogP contribution in [0.25, 0.3) is 0 Å². The molecule has 0 bridgehead atoms. The molecule has 0 aliphatic carbocycles. The topological polar surface area (TPSA) is 63.1 Å². The first-order chi connectivity index (χ1) is 9.58. The van der Waals surface area contributed by atoms with E-state index in [1.165, 1.54) is 4.90 Å². The van der Waals surface area contributed by atoms with Gasteiger partial charge >= 0.3 is 0 Å². The number of quaternary nitrogens is 1. The van der Waals surface area contributed by atoms with Crippen LogP contribution in [0.2, 0.25) is 0 Å². The predicted octanol–water partition coefficient (Wildman–Crippen LogP) is -1.73. The van der Waals surface area contributed by atoms with Crippen LogP contribution in [0, 0.1) is 5.92 Å². The van der Waals surface area contributed by atoms with E-state index in [0.29, 0.717) is 19.5 Å². The molecule has 0 aromatic rings. The lowest BCUT2D eigenvalue weighted by Crippen LogP contribution is -3.14. The number of hydrogen-bond acceptors (Lipinski definition) is 3. The number of hydrogen-bond donors (Lipinski definition) is 2. The van der Waals surface area contributed by atoms with Crippen molar-refractivity contribution in [2.75, 3.05) is 45.9 Å². The summed E-state index contributed by atoms with van der Waals surface area (Å²) in [4.78, 5) is 27.1. The molecule has 2 fully saturated rings. The molecule has 0 unspecified atom stereocenters. The van der Waals surface area contributed by atoms with Crippen molar-refractivity contribution in [1.82, 2.24) is 10.2 Å². The second-order valence-corrected chi connectivity index (χ2v) is 5.94. The van der Waals surface area contributed by atoms with E-state index in [2.05, 4.69) is 5.32 Å². The SMILES string of the molecule is CC(C)N1C[C@@H](C(=O)NCC[NH+]2CCOCC2)CC1=O. The molecule has 2 aliphatic rings. The van der Waals surface area contributed by atoms with Gasteiger partial charge in [-0.3, -0.25) is 9.59 Å². The number of carbonyl (C=O) groups excluding carboxylic acids is 2. The predicted molar refractivity (Wildman–Crippen MR) is 74.3 cm³/mol. The summed E-state index contributed by atoms with van der Waals surface area (Å²) in [7, 11) is 0. The molecule has 2 heterocycles. The monoisotopic (exact) mass is 284 g/mol. The van der Waals surface area contributed by atoms with Gasteiger partial charge in [-0.25, -0.2) is 0 Å². The molecule has 2 N–H and O–H groups in total. The lowest BCUT2D eigenvalue weighted by molar-refractivity contribution is -0.906. The Morgan fingerprint density at radius 3 is 2.75 bits per heavy atom. The molecule has 0 aromatic heterocycles. The van der Waals surface area contributed by atoms with E-state index in [1.807, 2.05) is 13.8 Å². The first-order valence-electron chi connectivity index (χ1n) is 7.56. The molecule has 2 amide bonds. The minimum absolute atomic E-state index is 0.0224. The van der Waals surface area contributed by atoms with Crippen LogP contribution >= 0.6 is 0 Å². The van der Waals surface area contributed by atoms with Crippen LogP contribution in [0.3, 0.4) is 0 Å². The van der Waals surface area contributed by atoms with Crippen LogP contribution in [0.5, 0.6) is 0 Å². The summed E-state index contributed by atoms with van der Waals surface area (Å²) in [5.41, 5.74) is 0. The lowest BCUT2D eigenvalue weighted by Gasteiger charge is -2.24. The van der Waals surface area contributed by atoms with Crippen molar-refractivity contribution in [3.8, 4) is 0 Å². The normalized spacial score (nSPS) is 24.4. The zero-order valence-corrected chi connectivity index (χ0v) is 12.5. The molecular weight excluding hydrogens is 258 g/mol. The Balaban J connectivity index is 1.68. The van der Waals surface area contributed by atoms with Crippen molar-refractivity contribution in [2.24, 2.45) is 5.92 Å². The van der Waals surface area contributed by atoms with E-state index < -0.39 is 0 Å². The fraction of sp³-hybridized carbons (Fsp3) is 0.857. The minimum atomic E-state index is -0.176. The Morgan fingerprint density at radius 1 is 1.45 bits per heavy atom. The van der Waals surface area contributed by atoms with E-state index in [-0.39, 0.29) is 23.8 Å². The smallest absolute Gasteiger partial charge is 0.225 e. The number of rotatable bonds is 5. The van der Waals surface area contributed by atoms with Gasteiger partial charge in [0.1, 0.15) is 13.1 Å². The molecule has 2 rings (SSSR count). The maximum Gasteiger partial charge on any atom is 0.225 e. The highest BCUT2D eigenvalue weighted by Crippen LogP contribution is 2.19. The number of amides is 2. The molecule has 0 saturated carbocycles. The first-order valence-corrected chi connectivity index (χ1v) is 7.56. The molecule has 0 radical (unpaired) electrons. The molecular formula is C14H26N3O3+. The van der Waals surface area contributed by atoms with Gasteiger partial charge in [-0.1, -0.05) is 0 Å². The number of nitrogens with one attached hydrogen (secondary N) is 2. The van der Waals surface area contributed by atoms with Crippen LogP contribution in [0.15, 0.2) is 0 Å². The third-order valence-electron chi connectivity index (χ3n) is 4.13. The quantitative estimate of drug-likeness (QED) is 0.631. The third kappa shape index (κ3) is 3.93. The van der Waals surface area contributed by atoms with E-state index >= 15 is 0 Å². The molecule has 6 heteroatoms. The summed E-state index contributed by atoms with van der Waals surface area (Å²) in [5.74, 6) is -0.0577. The van der Waals surface area contributed by atoms with Gasteiger partial charge in [0, 0.05) is 19.0 Å². The number of morpholine rings is 1. The summed E-state index contributed by atoms with van der Waals surface area (Å²) >= 11 is 0. The highest BCUT2D eigenvalue weighted by Gasteiger charge is 2.35. The number of carbonyl (C=O) groups is 2. The second kappa shape index (κ2) is 7.04. The Labute approximate surface area is 120 Å². The lowest BCUT2D eigenvalue weighted by atomic mass is 10.1. The van der Waals surface area contributed by atoms with Crippen molar-refractivity contribution < 1.29 is 19.2 Å². The molecule has 2 aliphatic heterocycles. The highest BCUT2D eigenvalue weighted by molar-refractivity contribution is 5.89. The van der Waals surface area contributed by atoms with E-state index in [1.54, 1.807) is 4.90 Å². The fourth-order valence-corrected chi connectivity index (χ4v) is 2.82. The average molecular weight is 284 g/mol. The van der Waals surface area contributed by atoms with Gasteiger partial charge in [0.05, 0.1) is 32.2 Å². The Bertz CT molecular complexity index is 354. The van der Waals surface area contributed by atoms with Crippen LogP contribution < -0.4 is 10.2 Å². The summed E-state index contributed by atoms with van der Waals surface area (Å²) in [6, 6.07) is 0.179. The number of ether oxygens (including phenoxy) is 1. The van der Waals surface area contributed by atoms with Crippen molar-refractivity contribution in [3.63, 3.8) is 0 Å². The van der Waals surface area contributed by atoms with Gasteiger partial charge in [-0.2, -0.15) is 0 Å². The molecule has 114 valence electrons. The third-order valence-corrected chi connectivity index (χ3v) is 4.13. The Kier molecular flexibility index (Phi) is 5.37. The average Bonchev–Trinajstić information content (AvgIpc) is 2.82. The fourth-order valence-electron chi connectivity index (χ4n) is 2.82. The van der Waals surface area contributed by atoms with Crippen LogP contribution in [-0.4, -0.2) is 68.7 Å². The number of likely N-dealkylation sites (tertiary alicyclic amines) is 1. The van der Waals surface area contributed by atoms with E-state index in [0.717, 1.165) is 32.8 Å². The van der Waals surface area contributed by atoms with Gasteiger partial charge in [0.2, 0.25) is 11.8 Å². The minimum Gasteiger partial charge on any atom is -0.370 e. The van der Waals surface area contributed by atoms with E-state index in [4.69, 9.17) is 4.74 Å². The second-order valence-electron chi connectivity index (χ2n) is 5.94. The first kappa shape index (κ1) is 15.3. The number of nitrogens with zero attached hydrogens (tertiary/aromatic N) is 1. The van der Waals surface area contributed by atoms with E-state index in [9.17, 15) is 9.59 Å². The molecule has 2 saturated heterocycles. The van der Waals surface area contributed by atoms with Gasteiger partial charge < -0.3 is 19.9 Å². The maximum absolute atomic E-state index is 12.1. The van der Waals surface area contributed by atoms with Crippen molar-refractivity contribution in [2.45, 2.75) is 26.3 Å². The molecule has 20 heavy (non-hydrogen) atoms. The van der Waals surface area contributed by atoms with Gasteiger partial charge in [0.25, 0.3) is 0 Å². The zero-order chi connectivity index (χ0) is 14.5. The Morgan fingerprint density at radius 2 is 2.15 bits per heavy atom. The molecule has 0 spiro atoms. The van der Waals surface area contributed by atoms with Crippen molar-refractivity contribution in [1.29, 1.82) is 0 Å².